The number of nitrogens with one attached hydrogen (secondary N) is 2. The van der Waals surface area contributed by atoms with Gasteiger partial charge >= 0.3 is 0 Å². The van der Waals surface area contributed by atoms with Gasteiger partial charge in [-0.15, -0.1) is 35.9 Å². The number of carbonyl (C=O) groups excluding carboxylic acids is 3. The van der Waals surface area contributed by atoms with E-state index >= 15 is 0 Å². The number of hydrogen-bond donors (Lipinski definition) is 5. The number of amides is 3. The molecule has 3 rings (SSSR count). The molecule has 2 aliphatic rings. The van der Waals surface area contributed by atoms with Crippen LogP contribution in [0.25, 0.3) is 0 Å². The Morgan fingerprint density at radius 2 is 1.77 bits per heavy atom. The van der Waals surface area contributed by atoms with E-state index in [0.29, 0.717) is 32.4 Å². The Bertz CT molecular complexity index is 855. The lowest BCUT2D eigenvalue weighted by Gasteiger charge is -2.27. The Hall–Kier alpha value is -1.66. The minimum atomic E-state index is -0.762. The van der Waals surface area contributed by atoms with Crippen molar-refractivity contribution < 1.29 is 24.7 Å². The van der Waals surface area contributed by atoms with Crippen LogP contribution in [0.15, 0.2) is 24.3 Å². The molecule has 2 atom stereocenters. The number of benzene rings is 1. The maximum Gasteiger partial charge on any atom is 0.243 e. The van der Waals surface area contributed by atoms with E-state index in [4.69, 9.17) is 10.9 Å². The average molecular weight is 547 g/mol. The van der Waals surface area contributed by atoms with Crippen LogP contribution in [0.5, 0.6) is 5.75 Å². The second-order valence-electron chi connectivity index (χ2n) is 8.76. The number of hydroxylamine groups is 1. The van der Waals surface area contributed by atoms with Gasteiger partial charge in [0.05, 0.1) is 10.1 Å². The Morgan fingerprint density at radius 1 is 1.11 bits per heavy atom. The highest BCUT2D eigenvalue weighted by atomic mass is 35.5. The number of thioether (sulfide) groups is 2. The summed E-state index contributed by atoms with van der Waals surface area (Å²) >= 11 is 3.65. The van der Waals surface area contributed by atoms with E-state index in [9.17, 15) is 19.5 Å². The quantitative estimate of drug-likeness (QED) is 0.161. The summed E-state index contributed by atoms with van der Waals surface area (Å²) in [6.45, 7) is 1.02. The third-order valence-electron chi connectivity index (χ3n) is 6.15. The Morgan fingerprint density at radius 3 is 2.43 bits per heavy atom. The summed E-state index contributed by atoms with van der Waals surface area (Å²) in [6.07, 6.45) is 4.39. The van der Waals surface area contributed by atoms with Crippen LogP contribution in [0.4, 0.5) is 0 Å². The summed E-state index contributed by atoms with van der Waals surface area (Å²) in [7, 11) is 0. The maximum absolute atomic E-state index is 13.3. The fraction of sp³-hybridized carbons (Fsp3) is 0.609. The van der Waals surface area contributed by atoms with Gasteiger partial charge in [-0.25, -0.2) is 5.48 Å². The van der Waals surface area contributed by atoms with Crippen molar-refractivity contribution in [3.63, 3.8) is 0 Å². The van der Waals surface area contributed by atoms with Crippen molar-refractivity contribution in [2.24, 2.45) is 5.73 Å². The second kappa shape index (κ2) is 14.2. The van der Waals surface area contributed by atoms with Crippen molar-refractivity contribution >= 4 is 53.7 Å². The number of phenolic OH excluding ortho intramolecular Hbond substituents is 1. The number of likely N-dealkylation sites (tertiary alicyclic amines) is 1. The molecule has 0 unspecified atom stereocenters. The maximum atomic E-state index is 13.3. The predicted molar refractivity (Wildman–Crippen MR) is 141 cm³/mol. The van der Waals surface area contributed by atoms with E-state index in [1.807, 2.05) is 23.5 Å². The number of nitrogens with two attached hydrogens (primary N) is 1. The number of nitrogens with zero attached hydrogens (tertiary/aromatic N) is 1. The van der Waals surface area contributed by atoms with Gasteiger partial charge in [0, 0.05) is 37.4 Å². The van der Waals surface area contributed by atoms with E-state index in [0.717, 1.165) is 36.3 Å². The lowest BCUT2D eigenvalue weighted by Crippen LogP contribution is -2.52. The normalized spacial score (nSPS) is 19.3. The molecule has 2 saturated heterocycles. The summed E-state index contributed by atoms with van der Waals surface area (Å²) in [5.41, 5.74) is 8.75. The highest BCUT2D eigenvalue weighted by Gasteiger charge is 2.51. The number of aromatic hydroxyl groups is 1. The highest BCUT2D eigenvalue weighted by Crippen LogP contribution is 2.51. The van der Waals surface area contributed by atoms with Gasteiger partial charge in [-0.3, -0.25) is 19.6 Å². The van der Waals surface area contributed by atoms with Gasteiger partial charge in [0.2, 0.25) is 17.7 Å². The largest absolute Gasteiger partial charge is 0.508 e. The zero-order valence-electron chi connectivity index (χ0n) is 19.6. The zero-order chi connectivity index (χ0) is 24.6. The van der Waals surface area contributed by atoms with E-state index in [-0.39, 0.29) is 46.4 Å². The van der Waals surface area contributed by atoms with Crippen molar-refractivity contribution in [3.8, 4) is 5.75 Å². The molecule has 0 aromatic heterocycles. The molecule has 35 heavy (non-hydrogen) atoms. The Labute approximate surface area is 220 Å². The fourth-order valence-electron chi connectivity index (χ4n) is 4.35. The molecule has 196 valence electrons. The molecule has 9 nitrogen and oxygen atoms in total. The predicted octanol–water partition coefficient (Wildman–Crippen LogP) is 2.03. The lowest BCUT2D eigenvalue weighted by molar-refractivity contribution is -0.139. The molecule has 0 radical (unpaired) electrons. The zero-order valence-corrected chi connectivity index (χ0v) is 22.1. The van der Waals surface area contributed by atoms with Crippen molar-refractivity contribution in [1.82, 2.24) is 15.7 Å². The number of phenols is 1. The molecular formula is C23H35ClN4O5S2. The summed E-state index contributed by atoms with van der Waals surface area (Å²) in [5, 5.41) is 21.0. The summed E-state index contributed by atoms with van der Waals surface area (Å²) in [5.74, 6) is 1.42. The molecule has 0 aliphatic carbocycles. The van der Waals surface area contributed by atoms with Gasteiger partial charge in [-0.1, -0.05) is 25.0 Å². The van der Waals surface area contributed by atoms with Crippen molar-refractivity contribution in [2.45, 2.75) is 61.1 Å². The van der Waals surface area contributed by atoms with E-state index in [1.54, 1.807) is 34.6 Å². The molecule has 6 N–H and O–H groups in total. The first-order chi connectivity index (χ1) is 16.3. The van der Waals surface area contributed by atoms with Gasteiger partial charge in [0.15, 0.2) is 0 Å². The number of rotatable bonds is 11. The molecule has 1 aromatic carbocycles. The molecule has 12 heteroatoms. The van der Waals surface area contributed by atoms with E-state index < -0.39 is 12.1 Å². The molecule has 2 heterocycles. The third-order valence-corrected chi connectivity index (χ3v) is 9.58. The number of unbranched alkanes of at least 4 members (excludes halogenated alkanes) is 3. The van der Waals surface area contributed by atoms with Crippen molar-refractivity contribution in [2.75, 3.05) is 24.6 Å². The molecular weight excluding hydrogens is 512 g/mol. The van der Waals surface area contributed by atoms with Crippen LogP contribution in [-0.2, 0) is 20.8 Å². The first kappa shape index (κ1) is 29.6. The van der Waals surface area contributed by atoms with Crippen LogP contribution in [0.1, 0.15) is 44.1 Å². The first-order valence-corrected chi connectivity index (χ1v) is 13.6. The fourth-order valence-corrected chi connectivity index (χ4v) is 7.60. The molecule has 2 fully saturated rings. The number of carbonyl (C=O) groups is 3. The van der Waals surface area contributed by atoms with Crippen molar-refractivity contribution in [1.29, 1.82) is 0 Å². The molecule has 0 saturated carbocycles. The van der Waals surface area contributed by atoms with Gasteiger partial charge < -0.3 is 21.1 Å². The van der Waals surface area contributed by atoms with Gasteiger partial charge in [-0.2, -0.15) is 0 Å². The molecule has 3 amide bonds. The highest BCUT2D eigenvalue weighted by molar-refractivity contribution is 8.21. The third kappa shape index (κ3) is 8.45. The Balaban J connectivity index is 0.00000432. The minimum absolute atomic E-state index is 0. The molecule has 2 aliphatic heterocycles. The summed E-state index contributed by atoms with van der Waals surface area (Å²) < 4.78 is -0.150. The van der Waals surface area contributed by atoms with Crippen LogP contribution in [0, 0.1) is 0 Å². The average Bonchev–Trinajstić information content (AvgIpc) is 3.45. The summed E-state index contributed by atoms with van der Waals surface area (Å²) in [4.78, 5) is 39.1. The smallest absolute Gasteiger partial charge is 0.243 e. The van der Waals surface area contributed by atoms with Crippen LogP contribution in [0.2, 0.25) is 0 Å². The minimum Gasteiger partial charge on any atom is -0.508 e. The number of halogens is 1. The molecule has 1 spiro atoms. The van der Waals surface area contributed by atoms with Gasteiger partial charge in [0.25, 0.3) is 0 Å². The Kier molecular flexibility index (Phi) is 12.0. The summed E-state index contributed by atoms with van der Waals surface area (Å²) in [6, 6.07) is 5.34. The van der Waals surface area contributed by atoms with Crippen LogP contribution < -0.4 is 16.5 Å². The lowest BCUT2D eigenvalue weighted by atomic mass is 10.0. The van der Waals surface area contributed by atoms with E-state index in [1.165, 1.54) is 0 Å². The van der Waals surface area contributed by atoms with Crippen LogP contribution in [0.3, 0.4) is 0 Å². The number of hydrogen-bond acceptors (Lipinski definition) is 8. The molecule has 1 aromatic rings. The second-order valence-corrected chi connectivity index (χ2v) is 12.0. The standard InChI is InChI=1S/C23H34N4O5S2.ClH/c24-18(13-16-6-8-17(28)9-7-16)22(31)27-15-23(33-11-12-34-23)14-19(27)21(30)25-10-4-2-1-3-5-20(29)26-32;/h6-9,18-19,28,32H,1-5,10-15,24H2,(H,25,30)(H,26,29);1H/t18-,19-;/m0./s1. The van der Waals surface area contributed by atoms with Crippen LogP contribution in [-0.4, -0.2) is 73.7 Å². The first-order valence-electron chi connectivity index (χ1n) is 11.7. The van der Waals surface area contributed by atoms with Crippen molar-refractivity contribution in [3.05, 3.63) is 29.8 Å². The SMILES string of the molecule is Cl.N[C@@H](Cc1ccc(O)cc1)C(=O)N1CC2(C[C@H]1C(=O)NCCCCCCC(=O)NO)SCCS2. The topological polar surface area (TPSA) is 145 Å². The van der Waals surface area contributed by atoms with Gasteiger partial charge in [-0.05, 0) is 37.0 Å². The van der Waals surface area contributed by atoms with Crippen LogP contribution >= 0.6 is 35.9 Å². The van der Waals surface area contributed by atoms with E-state index in [2.05, 4.69) is 5.32 Å². The molecule has 0 bridgehead atoms. The monoisotopic (exact) mass is 546 g/mol. The van der Waals surface area contributed by atoms with Gasteiger partial charge in [0.1, 0.15) is 11.8 Å².